The predicted octanol–water partition coefficient (Wildman–Crippen LogP) is 3.20. The summed E-state index contributed by atoms with van der Waals surface area (Å²) >= 11 is 0. The van der Waals surface area contributed by atoms with Crippen molar-refractivity contribution in [3.05, 3.63) is 23.3 Å². The second kappa shape index (κ2) is 10.7. The van der Waals surface area contributed by atoms with Gasteiger partial charge in [0.2, 0.25) is 0 Å². The highest BCUT2D eigenvalue weighted by Gasteiger charge is 2.23. The Labute approximate surface area is 176 Å². The van der Waals surface area contributed by atoms with Gasteiger partial charge in [-0.15, -0.1) is 0 Å². The Kier molecular flexibility index (Phi) is 8.04. The summed E-state index contributed by atoms with van der Waals surface area (Å²) in [6.07, 6.45) is 3.67. The Morgan fingerprint density at radius 2 is 2.14 bits per heavy atom. The number of hydrogen-bond donors (Lipinski definition) is 2. The van der Waals surface area contributed by atoms with Crippen LogP contribution in [-0.2, 0) is 13.0 Å². The molecular weight excluding hydrogens is 364 g/mol. The quantitative estimate of drug-likeness (QED) is 0.491. The first-order valence-electron chi connectivity index (χ1n) is 11.3. The molecule has 1 saturated heterocycles. The molecule has 2 aliphatic heterocycles. The number of nitrogens with zero attached hydrogens (tertiary/aromatic N) is 2. The van der Waals surface area contributed by atoms with Gasteiger partial charge in [0.15, 0.2) is 5.96 Å². The van der Waals surface area contributed by atoms with Gasteiger partial charge in [-0.05, 0) is 64.8 Å². The van der Waals surface area contributed by atoms with Crippen molar-refractivity contribution in [1.29, 1.82) is 0 Å². The van der Waals surface area contributed by atoms with Gasteiger partial charge in [-0.2, -0.15) is 0 Å². The summed E-state index contributed by atoms with van der Waals surface area (Å²) in [6, 6.07) is 4.24. The fourth-order valence-electron chi connectivity index (χ4n) is 4.24. The van der Waals surface area contributed by atoms with E-state index in [4.69, 9.17) is 14.5 Å². The molecule has 2 aliphatic rings. The first-order valence-corrected chi connectivity index (χ1v) is 11.3. The lowest BCUT2D eigenvalue weighted by molar-refractivity contribution is 0.254. The lowest BCUT2D eigenvalue weighted by Gasteiger charge is -2.17. The minimum absolute atomic E-state index is 0.232. The lowest BCUT2D eigenvalue weighted by Crippen LogP contribution is -2.40. The van der Waals surface area contributed by atoms with Crippen molar-refractivity contribution < 1.29 is 9.47 Å². The molecule has 2 N–H and O–H groups in total. The number of hydrogen-bond acceptors (Lipinski definition) is 4. The molecule has 2 atom stereocenters. The molecule has 0 aromatic heterocycles. The van der Waals surface area contributed by atoms with E-state index in [9.17, 15) is 0 Å². The molecule has 0 saturated carbocycles. The third kappa shape index (κ3) is 6.01. The standard InChI is InChI=1S/C23H38N4O2/c1-5-9-27-10-8-18(16-27)14-25-23(24-6-2)26-15-20-13-22-19(11-17(4)29-22)12-21(20)28-7-3/h12-13,17-18H,5-11,14-16H2,1-4H3,(H2,24,25,26). The SMILES string of the molecule is CCCN1CCC(CNC(=NCc2cc3c(cc2OCC)CC(C)O3)NCC)C1. The summed E-state index contributed by atoms with van der Waals surface area (Å²) in [7, 11) is 0. The third-order valence-corrected chi connectivity index (χ3v) is 5.60. The van der Waals surface area contributed by atoms with Crippen LogP contribution in [0.2, 0.25) is 0 Å². The third-order valence-electron chi connectivity index (χ3n) is 5.60. The molecule has 1 fully saturated rings. The molecule has 1 aromatic rings. The van der Waals surface area contributed by atoms with Crippen LogP contribution in [0.1, 0.15) is 51.7 Å². The molecule has 0 aliphatic carbocycles. The normalized spacial score (nSPS) is 21.7. The van der Waals surface area contributed by atoms with E-state index in [2.05, 4.69) is 48.4 Å². The van der Waals surface area contributed by atoms with E-state index in [1.54, 1.807) is 0 Å². The zero-order valence-electron chi connectivity index (χ0n) is 18.6. The Morgan fingerprint density at radius 1 is 1.28 bits per heavy atom. The van der Waals surface area contributed by atoms with E-state index in [1.165, 1.54) is 38.0 Å². The minimum Gasteiger partial charge on any atom is -0.494 e. The maximum absolute atomic E-state index is 5.94. The molecule has 0 amide bonds. The van der Waals surface area contributed by atoms with Crippen LogP contribution in [0.25, 0.3) is 0 Å². The number of benzene rings is 1. The van der Waals surface area contributed by atoms with Crippen LogP contribution in [-0.4, -0.2) is 56.3 Å². The van der Waals surface area contributed by atoms with Crippen molar-refractivity contribution in [2.24, 2.45) is 10.9 Å². The number of aliphatic imine (C=N–C) groups is 1. The summed E-state index contributed by atoms with van der Waals surface area (Å²) in [6.45, 7) is 15.1. The van der Waals surface area contributed by atoms with E-state index in [-0.39, 0.29) is 6.10 Å². The Hall–Kier alpha value is -1.95. The molecule has 1 aromatic carbocycles. The summed E-state index contributed by atoms with van der Waals surface area (Å²) < 4.78 is 11.8. The molecule has 162 valence electrons. The summed E-state index contributed by atoms with van der Waals surface area (Å²) in [5.41, 5.74) is 2.31. The maximum atomic E-state index is 5.94. The van der Waals surface area contributed by atoms with Crippen LogP contribution < -0.4 is 20.1 Å². The largest absolute Gasteiger partial charge is 0.494 e. The summed E-state index contributed by atoms with van der Waals surface area (Å²) in [4.78, 5) is 7.40. The number of nitrogens with one attached hydrogen (secondary N) is 2. The van der Waals surface area contributed by atoms with Crippen molar-refractivity contribution in [2.45, 2.75) is 59.6 Å². The molecule has 2 heterocycles. The Morgan fingerprint density at radius 3 is 2.90 bits per heavy atom. The molecule has 0 radical (unpaired) electrons. The lowest BCUT2D eigenvalue weighted by atomic mass is 10.1. The molecule has 2 unspecified atom stereocenters. The van der Waals surface area contributed by atoms with E-state index in [0.717, 1.165) is 42.5 Å². The van der Waals surface area contributed by atoms with Crippen molar-refractivity contribution in [3.63, 3.8) is 0 Å². The molecular formula is C23H38N4O2. The van der Waals surface area contributed by atoms with Crippen LogP contribution in [0.5, 0.6) is 11.5 Å². The summed E-state index contributed by atoms with van der Waals surface area (Å²) in [5, 5.41) is 6.92. The predicted molar refractivity (Wildman–Crippen MR) is 119 cm³/mol. The first-order chi connectivity index (χ1) is 14.1. The van der Waals surface area contributed by atoms with E-state index < -0.39 is 0 Å². The van der Waals surface area contributed by atoms with Gasteiger partial charge in [0.1, 0.15) is 17.6 Å². The van der Waals surface area contributed by atoms with E-state index in [0.29, 0.717) is 19.1 Å². The average Bonchev–Trinajstić information content (AvgIpc) is 3.29. The monoisotopic (exact) mass is 402 g/mol. The number of ether oxygens (including phenoxy) is 2. The topological polar surface area (TPSA) is 58.1 Å². The Balaban J connectivity index is 1.63. The van der Waals surface area contributed by atoms with Crippen molar-refractivity contribution >= 4 is 5.96 Å². The number of likely N-dealkylation sites (tertiary alicyclic amines) is 1. The van der Waals surface area contributed by atoms with Crippen LogP contribution in [0.3, 0.4) is 0 Å². The van der Waals surface area contributed by atoms with Gasteiger partial charge < -0.3 is 25.0 Å². The number of guanidine groups is 1. The zero-order chi connectivity index (χ0) is 20.6. The molecule has 3 rings (SSSR count). The fraction of sp³-hybridized carbons (Fsp3) is 0.696. The van der Waals surface area contributed by atoms with Gasteiger partial charge in [0.05, 0.1) is 13.2 Å². The van der Waals surface area contributed by atoms with Crippen LogP contribution in [0, 0.1) is 5.92 Å². The first kappa shape index (κ1) is 21.8. The van der Waals surface area contributed by atoms with E-state index >= 15 is 0 Å². The Bertz CT molecular complexity index is 692. The molecule has 29 heavy (non-hydrogen) atoms. The van der Waals surface area contributed by atoms with Gasteiger partial charge in [0.25, 0.3) is 0 Å². The minimum atomic E-state index is 0.232. The maximum Gasteiger partial charge on any atom is 0.191 e. The van der Waals surface area contributed by atoms with Gasteiger partial charge in [-0.1, -0.05) is 6.92 Å². The highest BCUT2D eigenvalue weighted by molar-refractivity contribution is 5.79. The van der Waals surface area contributed by atoms with Crippen LogP contribution in [0.15, 0.2) is 17.1 Å². The molecule has 0 spiro atoms. The second-order valence-electron chi connectivity index (χ2n) is 8.16. The van der Waals surface area contributed by atoms with Crippen molar-refractivity contribution in [2.75, 3.05) is 39.3 Å². The highest BCUT2D eigenvalue weighted by Crippen LogP contribution is 2.35. The van der Waals surface area contributed by atoms with E-state index in [1.807, 2.05) is 6.92 Å². The highest BCUT2D eigenvalue weighted by atomic mass is 16.5. The smallest absolute Gasteiger partial charge is 0.191 e. The van der Waals surface area contributed by atoms with Crippen LogP contribution >= 0.6 is 0 Å². The van der Waals surface area contributed by atoms with Gasteiger partial charge in [0, 0.05) is 37.2 Å². The molecule has 0 bridgehead atoms. The second-order valence-corrected chi connectivity index (χ2v) is 8.16. The van der Waals surface area contributed by atoms with Crippen molar-refractivity contribution in [3.8, 4) is 11.5 Å². The van der Waals surface area contributed by atoms with Gasteiger partial charge in [-0.3, -0.25) is 0 Å². The number of fused-ring (bicyclic) bond motifs is 1. The average molecular weight is 403 g/mol. The number of rotatable bonds is 9. The molecule has 6 heteroatoms. The molecule has 6 nitrogen and oxygen atoms in total. The van der Waals surface area contributed by atoms with Gasteiger partial charge >= 0.3 is 0 Å². The van der Waals surface area contributed by atoms with Gasteiger partial charge in [-0.25, -0.2) is 4.99 Å². The van der Waals surface area contributed by atoms with Crippen LogP contribution in [0.4, 0.5) is 0 Å². The fourth-order valence-corrected chi connectivity index (χ4v) is 4.24. The van der Waals surface area contributed by atoms with Crippen molar-refractivity contribution in [1.82, 2.24) is 15.5 Å². The zero-order valence-corrected chi connectivity index (χ0v) is 18.6. The summed E-state index contributed by atoms with van der Waals surface area (Å²) in [5.74, 6) is 3.47.